The van der Waals surface area contributed by atoms with Gasteiger partial charge in [-0.1, -0.05) is 36.4 Å². The van der Waals surface area contributed by atoms with Crippen LogP contribution in [0.15, 0.2) is 48.5 Å². The second-order valence-corrected chi connectivity index (χ2v) is 6.69. The fourth-order valence-electron chi connectivity index (χ4n) is 3.16. The van der Waals surface area contributed by atoms with E-state index in [-0.39, 0.29) is 17.8 Å². The predicted octanol–water partition coefficient (Wildman–Crippen LogP) is 5.03. The van der Waals surface area contributed by atoms with Gasteiger partial charge in [-0.15, -0.1) is 24.0 Å². The molecule has 2 nitrogen and oxygen atoms in total. The third kappa shape index (κ3) is 4.00. The Labute approximate surface area is 150 Å². The minimum absolute atomic E-state index is 0. The van der Waals surface area contributed by atoms with Gasteiger partial charge in [-0.25, -0.2) is 0 Å². The molecule has 1 unspecified atom stereocenters. The summed E-state index contributed by atoms with van der Waals surface area (Å²) in [7, 11) is 4.25. The number of benzene rings is 2. The van der Waals surface area contributed by atoms with E-state index in [0.717, 1.165) is 25.9 Å². The molecule has 0 fully saturated rings. The first-order valence-corrected chi connectivity index (χ1v) is 8.33. The third-order valence-electron chi connectivity index (χ3n) is 4.23. The Morgan fingerprint density at radius 3 is 2.43 bits per heavy atom. The number of alkyl halides is 1. The molecule has 0 bridgehead atoms. The first kappa shape index (κ1) is 18.1. The van der Waals surface area contributed by atoms with Crippen LogP contribution in [0.3, 0.4) is 0 Å². The molecule has 0 aliphatic carbocycles. The van der Waals surface area contributed by atoms with Gasteiger partial charge in [0.1, 0.15) is 0 Å². The predicted molar refractivity (Wildman–Crippen MR) is 103 cm³/mol. The molecular formula is C19H24Cl2N2. The molecule has 124 valence electrons. The van der Waals surface area contributed by atoms with Crippen LogP contribution in [0.25, 0.3) is 0 Å². The average molecular weight is 351 g/mol. The maximum atomic E-state index is 6.69. The topological polar surface area (TPSA) is 6.48 Å². The molecule has 1 atom stereocenters. The molecule has 0 N–H and O–H groups in total. The molecule has 0 radical (unpaired) electrons. The summed E-state index contributed by atoms with van der Waals surface area (Å²) in [5.74, 6) is 0. The molecule has 2 aromatic carbocycles. The van der Waals surface area contributed by atoms with Crippen molar-refractivity contribution in [1.82, 2.24) is 4.90 Å². The number of para-hydroxylation sites is 2. The van der Waals surface area contributed by atoms with Gasteiger partial charge in [0.05, 0.1) is 5.38 Å². The highest BCUT2D eigenvalue weighted by atomic mass is 35.5. The van der Waals surface area contributed by atoms with Gasteiger partial charge in [0, 0.05) is 17.9 Å². The van der Waals surface area contributed by atoms with Gasteiger partial charge >= 0.3 is 0 Å². The van der Waals surface area contributed by atoms with Gasteiger partial charge in [-0.05, 0) is 56.7 Å². The number of rotatable bonds is 4. The molecule has 0 aromatic heterocycles. The zero-order chi connectivity index (χ0) is 15.5. The van der Waals surface area contributed by atoms with E-state index in [1.807, 2.05) is 0 Å². The lowest BCUT2D eigenvalue weighted by Gasteiger charge is -2.27. The number of fused-ring (bicyclic) bond motifs is 2. The molecule has 0 saturated heterocycles. The largest absolute Gasteiger partial charge is 0.341 e. The van der Waals surface area contributed by atoms with Gasteiger partial charge in [-0.3, -0.25) is 0 Å². The number of nitrogens with zero attached hydrogens (tertiary/aromatic N) is 2. The molecule has 1 aliphatic rings. The molecule has 23 heavy (non-hydrogen) atoms. The van der Waals surface area contributed by atoms with Crippen LogP contribution in [0.4, 0.5) is 11.4 Å². The molecular weight excluding hydrogens is 327 g/mol. The van der Waals surface area contributed by atoms with Crippen molar-refractivity contribution < 1.29 is 0 Å². The standard InChI is InChI=1S/C19H23ClN2.ClH/c1-21(2)12-7-13-22-18-10-5-3-8-15(18)14-17(20)16-9-4-6-11-19(16)22;/h3-6,8-11,17H,7,12-14H2,1-2H3;1H. The van der Waals surface area contributed by atoms with Crippen LogP contribution < -0.4 is 4.90 Å². The van der Waals surface area contributed by atoms with Crippen LogP contribution in [-0.2, 0) is 6.42 Å². The van der Waals surface area contributed by atoms with Crippen molar-refractivity contribution >= 4 is 35.4 Å². The summed E-state index contributed by atoms with van der Waals surface area (Å²) in [6.45, 7) is 2.10. The highest BCUT2D eigenvalue weighted by Gasteiger charge is 2.24. The van der Waals surface area contributed by atoms with E-state index in [4.69, 9.17) is 11.6 Å². The molecule has 1 heterocycles. The van der Waals surface area contributed by atoms with Gasteiger partial charge in [0.15, 0.2) is 0 Å². The van der Waals surface area contributed by atoms with Crippen molar-refractivity contribution in [3.8, 4) is 0 Å². The smallest absolute Gasteiger partial charge is 0.0646 e. The maximum Gasteiger partial charge on any atom is 0.0646 e. The normalized spacial score (nSPS) is 16.3. The summed E-state index contributed by atoms with van der Waals surface area (Å²) >= 11 is 6.69. The summed E-state index contributed by atoms with van der Waals surface area (Å²) in [5.41, 5.74) is 5.14. The number of hydrogen-bond acceptors (Lipinski definition) is 2. The quantitative estimate of drug-likeness (QED) is 0.713. The van der Waals surface area contributed by atoms with E-state index < -0.39 is 0 Å². The summed E-state index contributed by atoms with van der Waals surface area (Å²) in [6, 6.07) is 17.2. The van der Waals surface area contributed by atoms with Gasteiger partial charge in [0.25, 0.3) is 0 Å². The first-order chi connectivity index (χ1) is 10.7. The lowest BCUT2D eigenvalue weighted by Crippen LogP contribution is -2.23. The Hall–Kier alpha value is -1.22. The molecule has 0 amide bonds. The first-order valence-electron chi connectivity index (χ1n) is 7.90. The molecule has 0 saturated carbocycles. The number of halogens is 2. The second kappa shape index (κ2) is 8.05. The summed E-state index contributed by atoms with van der Waals surface area (Å²) in [4.78, 5) is 4.68. The Morgan fingerprint density at radius 1 is 1.04 bits per heavy atom. The van der Waals surface area contributed by atoms with Crippen molar-refractivity contribution in [1.29, 1.82) is 0 Å². The Kier molecular flexibility index (Phi) is 6.34. The molecule has 3 rings (SSSR count). The van der Waals surface area contributed by atoms with E-state index in [9.17, 15) is 0 Å². The molecule has 0 spiro atoms. The van der Waals surface area contributed by atoms with E-state index in [0.29, 0.717) is 0 Å². The van der Waals surface area contributed by atoms with Crippen LogP contribution in [0.5, 0.6) is 0 Å². The second-order valence-electron chi connectivity index (χ2n) is 6.17. The monoisotopic (exact) mass is 350 g/mol. The summed E-state index contributed by atoms with van der Waals surface area (Å²) in [5, 5.41) is 0.0381. The van der Waals surface area contributed by atoms with E-state index in [2.05, 4.69) is 72.4 Å². The highest BCUT2D eigenvalue weighted by Crippen LogP contribution is 2.42. The van der Waals surface area contributed by atoms with Crippen LogP contribution in [0, 0.1) is 0 Å². The van der Waals surface area contributed by atoms with Crippen LogP contribution >= 0.6 is 24.0 Å². The zero-order valence-electron chi connectivity index (χ0n) is 13.7. The summed E-state index contributed by atoms with van der Waals surface area (Å²) < 4.78 is 0. The lowest BCUT2D eigenvalue weighted by molar-refractivity contribution is 0.402. The number of anilines is 2. The lowest BCUT2D eigenvalue weighted by atomic mass is 10.0. The van der Waals surface area contributed by atoms with Crippen molar-refractivity contribution in [3.63, 3.8) is 0 Å². The Morgan fingerprint density at radius 2 is 1.70 bits per heavy atom. The van der Waals surface area contributed by atoms with Crippen molar-refractivity contribution in [2.24, 2.45) is 0 Å². The number of hydrogen-bond donors (Lipinski definition) is 0. The minimum atomic E-state index is 0. The van der Waals surface area contributed by atoms with Crippen LogP contribution in [-0.4, -0.2) is 32.1 Å². The van der Waals surface area contributed by atoms with E-state index >= 15 is 0 Å². The van der Waals surface area contributed by atoms with Crippen LogP contribution in [0.2, 0.25) is 0 Å². The SMILES string of the molecule is CN(C)CCCN1c2ccccc2CC(Cl)c2ccccc21.Cl. The van der Waals surface area contributed by atoms with Gasteiger partial charge < -0.3 is 9.80 Å². The fraction of sp³-hybridized carbons (Fsp3) is 0.368. The van der Waals surface area contributed by atoms with Crippen molar-refractivity contribution in [2.75, 3.05) is 32.1 Å². The molecule has 2 aromatic rings. The van der Waals surface area contributed by atoms with E-state index in [1.165, 1.54) is 22.5 Å². The Balaban J connectivity index is 0.00000192. The Bertz CT molecular complexity index is 643. The average Bonchev–Trinajstić information content (AvgIpc) is 2.63. The van der Waals surface area contributed by atoms with Crippen molar-refractivity contribution in [3.05, 3.63) is 59.7 Å². The van der Waals surface area contributed by atoms with Gasteiger partial charge in [-0.2, -0.15) is 0 Å². The third-order valence-corrected chi connectivity index (χ3v) is 4.62. The van der Waals surface area contributed by atoms with Crippen molar-refractivity contribution in [2.45, 2.75) is 18.2 Å². The highest BCUT2D eigenvalue weighted by molar-refractivity contribution is 6.21. The van der Waals surface area contributed by atoms with Crippen LogP contribution in [0.1, 0.15) is 22.9 Å². The minimum Gasteiger partial charge on any atom is -0.341 e. The van der Waals surface area contributed by atoms with Gasteiger partial charge in [0.2, 0.25) is 0 Å². The maximum absolute atomic E-state index is 6.69. The fourth-order valence-corrected chi connectivity index (χ4v) is 3.51. The molecule has 4 heteroatoms. The van der Waals surface area contributed by atoms with E-state index in [1.54, 1.807) is 0 Å². The molecule has 1 aliphatic heterocycles. The summed E-state index contributed by atoms with van der Waals surface area (Å²) in [6.07, 6.45) is 2.02. The zero-order valence-corrected chi connectivity index (χ0v) is 15.3.